The van der Waals surface area contributed by atoms with Crippen molar-refractivity contribution in [1.82, 2.24) is 4.90 Å². The minimum atomic E-state index is -0.340. The van der Waals surface area contributed by atoms with Crippen molar-refractivity contribution in [2.24, 2.45) is 11.7 Å². The van der Waals surface area contributed by atoms with Gasteiger partial charge in [-0.3, -0.25) is 4.79 Å². The number of nitrogens with two attached hydrogens (primary N) is 1. The Morgan fingerprint density at radius 3 is 2.36 bits per heavy atom. The number of amides is 1. The zero-order valence-corrected chi connectivity index (χ0v) is 9.71. The topological polar surface area (TPSA) is 46.3 Å². The Bertz CT molecular complexity index is 223. The van der Waals surface area contributed by atoms with Gasteiger partial charge in [0.15, 0.2) is 0 Å². The van der Waals surface area contributed by atoms with Crippen molar-refractivity contribution in [1.29, 1.82) is 0 Å². The SMILES string of the molecule is CC(C)C(N)C(=O)N1CCCC1(C)C. The normalized spacial score (nSPS) is 22.9. The van der Waals surface area contributed by atoms with Gasteiger partial charge in [-0.05, 0) is 32.6 Å². The summed E-state index contributed by atoms with van der Waals surface area (Å²) < 4.78 is 0. The molecule has 0 radical (unpaired) electrons. The summed E-state index contributed by atoms with van der Waals surface area (Å²) in [5, 5.41) is 0. The second-order valence-corrected chi connectivity index (χ2v) is 5.18. The molecule has 0 spiro atoms. The Labute approximate surface area is 86.6 Å². The largest absolute Gasteiger partial charge is 0.336 e. The molecule has 1 amide bonds. The quantitative estimate of drug-likeness (QED) is 0.728. The Hall–Kier alpha value is -0.570. The Morgan fingerprint density at radius 2 is 2.00 bits per heavy atom. The van der Waals surface area contributed by atoms with Crippen LogP contribution in [0.1, 0.15) is 40.5 Å². The van der Waals surface area contributed by atoms with E-state index in [1.54, 1.807) is 0 Å². The van der Waals surface area contributed by atoms with Crippen molar-refractivity contribution in [3.63, 3.8) is 0 Å². The number of nitrogens with zero attached hydrogens (tertiary/aromatic N) is 1. The van der Waals surface area contributed by atoms with Gasteiger partial charge in [0.1, 0.15) is 0 Å². The average molecular weight is 198 g/mol. The lowest BCUT2D eigenvalue weighted by Gasteiger charge is -2.34. The summed E-state index contributed by atoms with van der Waals surface area (Å²) in [5.74, 6) is 0.335. The highest BCUT2D eigenvalue weighted by molar-refractivity contribution is 5.82. The molecule has 0 aromatic rings. The molecule has 1 atom stereocenters. The number of hydrogen-bond acceptors (Lipinski definition) is 2. The van der Waals surface area contributed by atoms with Gasteiger partial charge < -0.3 is 10.6 Å². The molecule has 3 nitrogen and oxygen atoms in total. The van der Waals surface area contributed by atoms with Gasteiger partial charge in [0.05, 0.1) is 6.04 Å². The highest BCUT2D eigenvalue weighted by Gasteiger charge is 2.37. The predicted molar refractivity (Wildman–Crippen MR) is 57.8 cm³/mol. The maximum absolute atomic E-state index is 12.0. The summed E-state index contributed by atoms with van der Waals surface area (Å²) >= 11 is 0. The molecule has 1 aliphatic heterocycles. The van der Waals surface area contributed by atoms with Crippen LogP contribution in [0, 0.1) is 5.92 Å². The van der Waals surface area contributed by atoms with Gasteiger partial charge in [-0.1, -0.05) is 13.8 Å². The van der Waals surface area contributed by atoms with Crippen molar-refractivity contribution < 1.29 is 4.79 Å². The minimum Gasteiger partial charge on any atom is -0.336 e. The van der Waals surface area contributed by atoms with E-state index in [2.05, 4.69) is 13.8 Å². The third-order valence-electron chi connectivity index (χ3n) is 3.17. The Morgan fingerprint density at radius 1 is 1.43 bits per heavy atom. The lowest BCUT2D eigenvalue weighted by molar-refractivity contribution is -0.136. The van der Waals surface area contributed by atoms with Crippen LogP contribution >= 0.6 is 0 Å². The molecule has 14 heavy (non-hydrogen) atoms. The number of rotatable bonds is 2. The molecule has 1 aliphatic rings. The number of carbonyl (C=O) groups excluding carboxylic acids is 1. The molecule has 1 fully saturated rings. The molecule has 2 N–H and O–H groups in total. The Kier molecular flexibility index (Phi) is 3.20. The smallest absolute Gasteiger partial charge is 0.240 e. The molecular weight excluding hydrogens is 176 g/mol. The van der Waals surface area contributed by atoms with Crippen LogP contribution in [0.4, 0.5) is 0 Å². The van der Waals surface area contributed by atoms with Gasteiger partial charge in [-0.2, -0.15) is 0 Å². The van der Waals surface area contributed by atoms with Gasteiger partial charge in [-0.15, -0.1) is 0 Å². The average Bonchev–Trinajstić information content (AvgIpc) is 2.42. The van der Waals surface area contributed by atoms with Crippen LogP contribution in [0.5, 0.6) is 0 Å². The number of likely N-dealkylation sites (tertiary alicyclic amines) is 1. The van der Waals surface area contributed by atoms with Crippen LogP contribution in [-0.2, 0) is 4.79 Å². The summed E-state index contributed by atoms with van der Waals surface area (Å²) in [6.45, 7) is 9.08. The van der Waals surface area contributed by atoms with E-state index in [0.29, 0.717) is 0 Å². The summed E-state index contributed by atoms with van der Waals surface area (Å²) in [6.07, 6.45) is 2.19. The Balaban J connectivity index is 2.70. The van der Waals surface area contributed by atoms with Crippen LogP contribution in [0.15, 0.2) is 0 Å². The van der Waals surface area contributed by atoms with Gasteiger partial charge >= 0.3 is 0 Å². The van der Waals surface area contributed by atoms with E-state index in [9.17, 15) is 4.79 Å². The molecule has 1 saturated heterocycles. The summed E-state index contributed by atoms with van der Waals surface area (Å²) in [5.41, 5.74) is 5.87. The molecular formula is C11H22N2O. The van der Waals surface area contributed by atoms with Crippen LogP contribution in [0.2, 0.25) is 0 Å². The van der Waals surface area contributed by atoms with Crippen molar-refractivity contribution in [2.45, 2.75) is 52.1 Å². The zero-order chi connectivity index (χ0) is 10.9. The van der Waals surface area contributed by atoms with Crippen molar-refractivity contribution in [3.05, 3.63) is 0 Å². The van der Waals surface area contributed by atoms with Crippen molar-refractivity contribution in [2.75, 3.05) is 6.54 Å². The second kappa shape index (κ2) is 3.89. The first-order valence-corrected chi connectivity index (χ1v) is 5.43. The number of carbonyl (C=O) groups is 1. The maximum Gasteiger partial charge on any atom is 0.240 e. The van der Waals surface area contributed by atoms with E-state index in [-0.39, 0.29) is 23.4 Å². The highest BCUT2D eigenvalue weighted by atomic mass is 16.2. The summed E-state index contributed by atoms with van der Waals surface area (Å²) in [6, 6.07) is -0.340. The van der Waals surface area contributed by atoms with Crippen LogP contribution in [0.3, 0.4) is 0 Å². The maximum atomic E-state index is 12.0. The first kappa shape index (κ1) is 11.5. The lowest BCUT2D eigenvalue weighted by atomic mass is 9.99. The molecule has 1 rings (SSSR count). The fourth-order valence-electron chi connectivity index (χ4n) is 1.98. The molecule has 0 bridgehead atoms. The van der Waals surface area contributed by atoms with Gasteiger partial charge in [0.25, 0.3) is 0 Å². The first-order chi connectivity index (χ1) is 6.36. The van der Waals surface area contributed by atoms with E-state index in [4.69, 9.17) is 5.73 Å². The van der Waals surface area contributed by atoms with Crippen LogP contribution < -0.4 is 5.73 Å². The van der Waals surface area contributed by atoms with Crippen molar-refractivity contribution >= 4 is 5.91 Å². The molecule has 0 aromatic carbocycles. The molecule has 1 unspecified atom stereocenters. The van der Waals surface area contributed by atoms with Crippen molar-refractivity contribution in [3.8, 4) is 0 Å². The molecule has 0 saturated carbocycles. The molecule has 0 aliphatic carbocycles. The number of hydrogen-bond donors (Lipinski definition) is 1. The van der Waals surface area contributed by atoms with Crippen LogP contribution in [-0.4, -0.2) is 28.9 Å². The fraction of sp³-hybridized carbons (Fsp3) is 0.909. The lowest BCUT2D eigenvalue weighted by Crippen LogP contribution is -2.51. The summed E-state index contributed by atoms with van der Waals surface area (Å²) in [7, 11) is 0. The monoisotopic (exact) mass is 198 g/mol. The molecule has 3 heteroatoms. The van der Waals surface area contributed by atoms with Gasteiger partial charge in [0, 0.05) is 12.1 Å². The van der Waals surface area contributed by atoms with Gasteiger partial charge in [-0.25, -0.2) is 0 Å². The van der Waals surface area contributed by atoms with E-state index >= 15 is 0 Å². The van der Waals surface area contributed by atoms with E-state index in [0.717, 1.165) is 19.4 Å². The van der Waals surface area contributed by atoms with E-state index in [1.165, 1.54) is 0 Å². The summed E-state index contributed by atoms with van der Waals surface area (Å²) in [4.78, 5) is 13.9. The second-order valence-electron chi connectivity index (χ2n) is 5.18. The van der Waals surface area contributed by atoms with Crippen LogP contribution in [0.25, 0.3) is 0 Å². The highest BCUT2D eigenvalue weighted by Crippen LogP contribution is 2.29. The predicted octanol–water partition coefficient (Wildman–Crippen LogP) is 1.37. The third-order valence-corrected chi connectivity index (χ3v) is 3.17. The standard InChI is InChI=1S/C11H22N2O/c1-8(2)9(12)10(14)13-7-5-6-11(13,3)4/h8-9H,5-7,12H2,1-4H3. The fourth-order valence-corrected chi connectivity index (χ4v) is 1.98. The van der Waals surface area contributed by atoms with E-state index < -0.39 is 0 Å². The van der Waals surface area contributed by atoms with Gasteiger partial charge in [0.2, 0.25) is 5.91 Å². The third kappa shape index (κ3) is 2.08. The van der Waals surface area contributed by atoms with E-state index in [1.807, 2.05) is 18.7 Å². The minimum absolute atomic E-state index is 0.00356. The zero-order valence-electron chi connectivity index (χ0n) is 9.71. The molecule has 1 heterocycles. The molecule has 0 aromatic heterocycles. The molecule has 82 valence electrons. The first-order valence-electron chi connectivity index (χ1n) is 5.43.